The lowest BCUT2D eigenvalue weighted by atomic mass is 9.92. The van der Waals surface area contributed by atoms with Gasteiger partial charge in [0.15, 0.2) is 11.3 Å². The van der Waals surface area contributed by atoms with Gasteiger partial charge in [-0.05, 0) is 25.0 Å². The first-order chi connectivity index (χ1) is 16.1. The number of rotatable bonds is 5. The number of aromatic nitrogens is 4. The molecule has 1 aliphatic carbocycles. The normalized spacial score (nSPS) is 21.1. The van der Waals surface area contributed by atoms with Gasteiger partial charge in [0.2, 0.25) is 0 Å². The van der Waals surface area contributed by atoms with E-state index in [0.717, 1.165) is 25.7 Å². The van der Waals surface area contributed by atoms with E-state index >= 15 is 0 Å². The zero-order valence-corrected chi connectivity index (χ0v) is 17.9. The highest BCUT2D eigenvalue weighted by molar-refractivity contribution is 5.94. The molecular formula is C22H24N8O3. The molecule has 170 valence electrons. The summed E-state index contributed by atoms with van der Waals surface area (Å²) in [6, 6.07) is 9.16. The van der Waals surface area contributed by atoms with Gasteiger partial charge in [0.25, 0.3) is 5.91 Å². The molecule has 1 aliphatic heterocycles. The molecule has 2 aliphatic rings. The summed E-state index contributed by atoms with van der Waals surface area (Å²) in [5, 5.41) is 30.9. The Labute approximate surface area is 190 Å². The second-order valence-corrected chi connectivity index (χ2v) is 8.14. The zero-order valence-electron chi connectivity index (χ0n) is 17.9. The Kier molecular flexibility index (Phi) is 5.77. The van der Waals surface area contributed by atoms with Crippen LogP contribution in [0.25, 0.3) is 5.65 Å². The molecule has 4 heterocycles. The first kappa shape index (κ1) is 21.1. The van der Waals surface area contributed by atoms with Crippen LogP contribution >= 0.6 is 0 Å². The Morgan fingerprint density at radius 1 is 1.24 bits per heavy atom. The van der Waals surface area contributed by atoms with Crippen molar-refractivity contribution in [3.63, 3.8) is 0 Å². The van der Waals surface area contributed by atoms with Crippen LogP contribution in [-0.4, -0.2) is 62.5 Å². The van der Waals surface area contributed by atoms with Gasteiger partial charge in [-0.1, -0.05) is 18.9 Å². The number of hydrogen-bond acceptors (Lipinski definition) is 9. The standard InChI is InChI=1S/C22H24N8O3/c23-11-14-12-24-22-16(10-19(28-30(14)22)25-15-4-1-2-5-17(15)31)26-18-6-3-7-20(27-18)29-8-9-33-13-21(29)32/h3,6-7,10,12,15,17,31H,1-2,4-5,8-9,13H2,(H,25,28)(H,26,27)/t15-,17-/m1/s1. The molecule has 0 bridgehead atoms. The molecule has 1 saturated carbocycles. The molecule has 3 aromatic heterocycles. The summed E-state index contributed by atoms with van der Waals surface area (Å²) >= 11 is 0. The van der Waals surface area contributed by atoms with Gasteiger partial charge in [-0.25, -0.2) is 9.97 Å². The molecule has 1 saturated heterocycles. The van der Waals surface area contributed by atoms with Gasteiger partial charge in [0, 0.05) is 6.07 Å². The number of fused-ring (bicyclic) bond motifs is 1. The fourth-order valence-corrected chi connectivity index (χ4v) is 4.22. The van der Waals surface area contributed by atoms with E-state index in [4.69, 9.17) is 4.74 Å². The molecule has 11 nitrogen and oxygen atoms in total. The Balaban J connectivity index is 1.47. The van der Waals surface area contributed by atoms with Crippen molar-refractivity contribution < 1.29 is 14.6 Å². The summed E-state index contributed by atoms with van der Waals surface area (Å²) in [6.07, 6.45) is 4.64. The van der Waals surface area contributed by atoms with Crippen LogP contribution in [-0.2, 0) is 9.53 Å². The van der Waals surface area contributed by atoms with Gasteiger partial charge in [-0.3, -0.25) is 9.69 Å². The van der Waals surface area contributed by atoms with Crippen LogP contribution in [0.3, 0.4) is 0 Å². The van der Waals surface area contributed by atoms with Gasteiger partial charge < -0.3 is 20.5 Å². The average Bonchev–Trinajstić information content (AvgIpc) is 3.24. The van der Waals surface area contributed by atoms with Crippen LogP contribution in [0.2, 0.25) is 0 Å². The summed E-state index contributed by atoms with van der Waals surface area (Å²) < 4.78 is 6.67. The number of pyridine rings is 1. The van der Waals surface area contributed by atoms with Crippen molar-refractivity contribution in [2.24, 2.45) is 0 Å². The van der Waals surface area contributed by atoms with Crippen LogP contribution < -0.4 is 15.5 Å². The number of carbonyl (C=O) groups is 1. The van der Waals surface area contributed by atoms with Crippen molar-refractivity contribution in [1.82, 2.24) is 19.6 Å². The van der Waals surface area contributed by atoms with E-state index in [2.05, 4.69) is 31.8 Å². The second kappa shape index (κ2) is 9.01. The fourth-order valence-electron chi connectivity index (χ4n) is 4.22. The summed E-state index contributed by atoms with van der Waals surface area (Å²) in [4.78, 5) is 22.7. The van der Waals surface area contributed by atoms with Gasteiger partial charge in [-0.2, -0.15) is 9.78 Å². The molecule has 11 heteroatoms. The molecule has 3 N–H and O–H groups in total. The monoisotopic (exact) mass is 448 g/mol. The number of ether oxygens (including phenoxy) is 1. The van der Waals surface area contributed by atoms with Gasteiger partial charge in [-0.15, -0.1) is 5.10 Å². The fraction of sp³-hybridized carbons (Fsp3) is 0.409. The number of aliphatic hydroxyl groups is 1. The van der Waals surface area contributed by atoms with Crippen molar-refractivity contribution in [1.29, 1.82) is 5.26 Å². The van der Waals surface area contributed by atoms with Crippen LogP contribution in [0.5, 0.6) is 0 Å². The van der Waals surface area contributed by atoms with Crippen LogP contribution in [0.1, 0.15) is 31.4 Å². The predicted molar refractivity (Wildman–Crippen MR) is 120 cm³/mol. The molecule has 0 unspecified atom stereocenters. The molecule has 5 rings (SSSR count). The van der Waals surface area contributed by atoms with Crippen molar-refractivity contribution in [2.75, 3.05) is 35.3 Å². The number of nitrogens with zero attached hydrogens (tertiary/aromatic N) is 6. The Morgan fingerprint density at radius 2 is 2.12 bits per heavy atom. The molecular weight excluding hydrogens is 424 g/mol. The third-order valence-corrected chi connectivity index (χ3v) is 5.90. The van der Waals surface area contributed by atoms with E-state index in [0.29, 0.717) is 47.6 Å². The largest absolute Gasteiger partial charge is 0.391 e. The molecule has 2 fully saturated rings. The molecule has 0 aromatic carbocycles. The number of morpholine rings is 1. The number of nitriles is 1. The highest BCUT2D eigenvalue weighted by atomic mass is 16.5. The lowest BCUT2D eigenvalue weighted by Gasteiger charge is -2.28. The Hall–Kier alpha value is -3.75. The topological polar surface area (TPSA) is 141 Å². The molecule has 2 atom stereocenters. The minimum absolute atomic E-state index is 0.0391. The molecule has 1 amide bonds. The Morgan fingerprint density at radius 3 is 2.94 bits per heavy atom. The third kappa shape index (κ3) is 4.30. The first-order valence-electron chi connectivity index (χ1n) is 11.0. The van der Waals surface area contributed by atoms with E-state index in [9.17, 15) is 15.2 Å². The number of anilines is 4. The van der Waals surface area contributed by atoms with E-state index in [1.54, 1.807) is 23.1 Å². The Bertz CT molecular complexity index is 1220. The summed E-state index contributed by atoms with van der Waals surface area (Å²) in [6.45, 7) is 0.943. The summed E-state index contributed by atoms with van der Waals surface area (Å²) in [7, 11) is 0. The van der Waals surface area contributed by atoms with Crippen LogP contribution in [0.15, 0.2) is 30.5 Å². The van der Waals surface area contributed by atoms with Gasteiger partial charge >= 0.3 is 0 Å². The maximum absolute atomic E-state index is 12.2. The number of aliphatic hydroxyl groups excluding tert-OH is 1. The minimum atomic E-state index is -0.449. The lowest BCUT2D eigenvalue weighted by Crippen LogP contribution is -2.42. The smallest absolute Gasteiger partial charge is 0.254 e. The van der Waals surface area contributed by atoms with E-state index < -0.39 is 6.10 Å². The molecule has 0 radical (unpaired) electrons. The van der Waals surface area contributed by atoms with Crippen molar-refractivity contribution in [3.05, 3.63) is 36.2 Å². The van der Waals surface area contributed by atoms with Gasteiger partial charge in [0.05, 0.1) is 37.2 Å². The van der Waals surface area contributed by atoms with Crippen molar-refractivity contribution >= 4 is 34.7 Å². The minimum Gasteiger partial charge on any atom is -0.391 e. The quantitative estimate of drug-likeness (QED) is 0.533. The number of imidazole rings is 1. The maximum atomic E-state index is 12.2. The number of hydrogen-bond donors (Lipinski definition) is 3. The lowest BCUT2D eigenvalue weighted by molar-refractivity contribution is -0.125. The van der Waals surface area contributed by atoms with E-state index in [1.807, 2.05) is 6.07 Å². The maximum Gasteiger partial charge on any atom is 0.254 e. The zero-order chi connectivity index (χ0) is 22.8. The first-order valence-corrected chi connectivity index (χ1v) is 11.0. The number of carbonyl (C=O) groups excluding carboxylic acids is 1. The highest BCUT2D eigenvalue weighted by Gasteiger charge is 2.24. The molecule has 33 heavy (non-hydrogen) atoms. The number of amides is 1. The second-order valence-electron chi connectivity index (χ2n) is 8.14. The average molecular weight is 448 g/mol. The van der Waals surface area contributed by atoms with Gasteiger partial charge in [0.1, 0.15) is 30.1 Å². The van der Waals surface area contributed by atoms with Crippen LogP contribution in [0.4, 0.5) is 23.1 Å². The summed E-state index contributed by atoms with van der Waals surface area (Å²) in [5.74, 6) is 1.43. The third-order valence-electron chi connectivity index (χ3n) is 5.90. The van der Waals surface area contributed by atoms with E-state index in [1.165, 1.54) is 10.7 Å². The van der Waals surface area contributed by atoms with Crippen molar-refractivity contribution in [3.8, 4) is 6.07 Å². The highest BCUT2D eigenvalue weighted by Crippen LogP contribution is 2.27. The molecule has 3 aromatic rings. The predicted octanol–water partition coefficient (Wildman–Crippen LogP) is 1.82. The van der Waals surface area contributed by atoms with Crippen molar-refractivity contribution in [2.45, 2.75) is 37.8 Å². The SMILES string of the molecule is N#Cc1cnc2c(Nc3cccc(N4CCOCC4=O)n3)cc(N[C@@H]3CCCC[C@H]3O)nn12. The van der Waals surface area contributed by atoms with E-state index in [-0.39, 0.29) is 18.6 Å². The van der Waals surface area contributed by atoms with Crippen LogP contribution in [0, 0.1) is 11.3 Å². The molecule has 0 spiro atoms. The summed E-state index contributed by atoms with van der Waals surface area (Å²) in [5.41, 5.74) is 1.36. The number of nitrogens with one attached hydrogen (secondary N) is 2.